The SMILES string of the molecule is O=C(O)c1cc(-c2ccc(-n3cccn3)c(F)c2)n[nH]1. The standard InChI is InChI=1S/C13H9FN4O2/c14-9-6-8(10-7-11(13(19)20)17-16-10)2-3-12(9)18-5-1-4-15-18/h1-7H,(H,16,17)(H,19,20). The fraction of sp³-hybridized carbons (Fsp3) is 0. The molecule has 2 N–H and O–H groups in total. The highest BCUT2D eigenvalue weighted by Gasteiger charge is 2.12. The molecule has 3 aromatic rings. The summed E-state index contributed by atoms with van der Waals surface area (Å²) in [5.41, 5.74) is 1.12. The molecule has 100 valence electrons. The van der Waals surface area contributed by atoms with Gasteiger partial charge in [0.1, 0.15) is 17.2 Å². The van der Waals surface area contributed by atoms with Crippen LogP contribution in [0.3, 0.4) is 0 Å². The molecule has 20 heavy (non-hydrogen) atoms. The van der Waals surface area contributed by atoms with Gasteiger partial charge in [-0.3, -0.25) is 5.10 Å². The molecule has 0 saturated heterocycles. The minimum atomic E-state index is -1.11. The lowest BCUT2D eigenvalue weighted by atomic mass is 10.1. The lowest BCUT2D eigenvalue weighted by Gasteiger charge is -2.04. The normalized spacial score (nSPS) is 10.7. The number of hydrogen-bond donors (Lipinski definition) is 2. The first-order valence-electron chi connectivity index (χ1n) is 5.74. The lowest BCUT2D eigenvalue weighted by molar-refractivity contribution is 0.0690. The van der Waals surface area contributed by atoms with Crippen molar-refractivity contribution >= 4 is 5.97 Å². The average Bonchev–Trinajstić information content (AvgIpc) is 3.10. The number of H-pyrrole nitrogens is 1. The molecule has 0 aliphatic heterocycles. The van der Waals surface area contributed by atoms with Crippen molar-refractivity contribution in [1.29, 1.82) is 0 Å². The monoisotopic (exact) mass is 272 g/mol. The Hall–Kier alpha value is -2.96. The number of nitrogens with one attached hydrogen (secondary N) is 1. The molecular weight excluding hydrogens is 263 g/mol. The fourth-order valence-electron chi connectivity index (χ4n) is 1.84. The minimum absolute atomic E-state index is 0.0449. The Labute approximate surface area is 112 Å². The van der Waals surface area contributed by atoms with Crippen LogP contribution in [0.2, 0.25) is 0 Å². The number of nitrogens with zero attached hydrogens (tertiary/aromatic N) is 3. The van der Waals surface area contributed by atoms with Crippen molar-refractivity contribution in [3.63, 3.8) is 0 Å². The maximum Gasteiger partial charge on any atom is 0.353 e. The van der Waals surface area contributed by atoms with Crippen LogP contribution in [0.4, 0.5) is 4.39 Å². The Morgan fingerprint density at radius 3 is 2.80 bits per heavy atom. The van der Waals surface area contributed by atoms with Gasteiger partial charge in [-0.25, -0.2) is 13.9 Å². The number of carbonyl (C=O) groups is 1. The quantitative estimate of drug-likeness (QED) is 0.764. The Morgan fingerprint density at radius 2 is 2.20 bits per heavy atom. The molecule has 0 bridgehead atoms. The van der Waals surface area contributed by atoms with E-state index < -0.39 is 11.8 Å². The van der Waals surface area contributed by atoms with Crippen LogP contribution in [0.25, 0.3) is 16.9 Å². The zero-order valence-electron chi connectivity index (χ0n) is 10.1. The van der Waals surface area contributed by atoms with Crippen molar-refractivity contribution in [2.45, 2.75) is 0 Å². The summed E-state index contributed by atoms with van der Waals surface area (Å²) < 4.78 is 15.5. The van der Waals surface area contributed by atoms with E-state index in [2.05, 4.69) is 15.3 Å². The third kappa shape index (κ3) is 2.05. The van der Waals surface area contributed by atoms with E-state index in [-0.39, 0.29) is 5.69 Å². The van der Waals surface area contributed by atoms with Crippen LogP contribution >= 0.6 is 0 Å². The molecule has 6 nitrogen and oxygen atoms in total. The first kappa shape index (κ1) is 12.1. The van der Waals surface area contributed by atoms with Crippen LogP contribution in [0, 0.1) is 5.82 Å². The summed E-state index contributed by atoms with van der Waals surface area (Å²) in [7, 11) is 0. The Balaban J connectivity index is 1.99. The lowest BCUT2D eigenvalue weighted by Crippen LogP contribution is -1.98. The number of aromatic amines is 1. The summed E-state index contributed by atoms with van der Waals surface area (Å²) in [5, 5.41) is 19.0. The summed E-state index contributed by atoms with van der Waals surface area (Å²) in [5.74, 6) is -1.58. The Kier molecular flexibility index (Phi) is 2.79. The van der Waals surface area contributed by atoms with E-state index in [0.29, 0.717) is 16.9 Å². The highest BCUT2D eigenvalue weighted by molar-refractivity contribution is 5.86. The topological polar surface area (TPSA) is 83.8 Å². The van der Waals surface area contributed by atoms with E-state index in [1.54, 1.807) is 30.6 Å². The predicted octanol–water partition coefficient (Wildman–Crippen LogP) is 2.10. The number of benzene rings is 1. The predicted molar refractivity (Wildman–Crippen MR) is 68.1 cm³/mol. The highest BCUT2D eigenvalue weighted by Crippen LogP contribution is 2.22. The van der Waals surface area contributed by atoms with Gasteiger partial charge in [0.25, 0.3) is 0 Å². The zero-order chi connectivity index (χ0) is 14.1. The average molecular weight is 272 g/mol. The van der Waals surface area contributed by atoms with E-state index in [0.717, 1.165) is 0 Å². The van der Waals surface area contributed by atoms with Crippen LogP contribution in [-0.2, 0) is 0 Å². The largest absolute Gasteiger partial charge is 0.477 e. The number of aromatic nitrogens is 4. The van der Waals surface area contributed by atoms with Crippen LogP contribution in [0.1, 0.15) is 10.5 Å². The second-order valence-electron chi connectivity index (χ2n) is 4.09. The van der Waals surface area contributed by atoms with Crippen LogP contribution in [0.15, 0.2) is 42.7 Å². The molecule has 0 saturated carbocycles. The maximum atomic E-state index is 14.0. The first-order valence-corrected chi connectivity index (χ1v) is 5.74. The van der Waals surface area contributed by atoms with Gasteiger partial charge < -0.3 is 5.11 Å². The van der Waals surface area contributed by atoms with E-state index in [1.807, 2.05) is 0 Å². The maximum absolute atomic E-state index is 14.0. The van der Waals surface area contributed by atoms with Crippen LogP contribution < -0.4 is 0 Å². The van der Waals surface area contributed by atoms with Crippen LogP contribution in [0.5, 0.6) is 0 Å². The van der Waals surface area contributed by atoms with Gasteiger partial charge in [0.2, 0.25) is 0 Å². The molecule has 2 heterocycles. The second kappa shape index (κ2) is 4.61. The smallest absolute Gasteiger partial charge is 0.353 e. The number of halogens is 1. The van der Waals surface area contributed by atoms with Gasteiger partial charge in [-0.2, -0.15) is 10.2 Å². The second-order valence-corrected chi connectivity index (χ2v) is 4.09. The number of hydrogen-bond acceptors (Lipinski definition) is 3. The Bertz CT molecular complexity index is 765. The first-order chi connectivity index (χ1) is 9.65. The van der Waals surface area contributed by atoms with Crippen molar-refractivity contribution < 1.29 is 14.3 Å². The van der Waals surface area contributed by atoms with Gasteiger partial charge in [-0.05, 0) is 24.3 Å². The Morgan fingerprint density at radius 1 is 1.35 bits per heavy atom. The van der Waals surface area contributed by atoms with E-state index in [1.165, 1.54) is 16.8 Å². The van der Waals surface area contributed by atoms with Gasteiger partial charge >= 0.3 is 5.97 Å². The molecule has 0 fully saturated rings. The molecule has 0 atom stereocenters. The van der Waals surface area contributed by atoms with Gasteiger partial charge in [0.15, 0.2) is 0 Å². The van der Waals surface area contributed by atoms with Gasteiger partial charge in [0.05, 0.1) is 5.69 Å². The van der Waals surface area contributed by atoms with Crippen molar-refractivity contribution in [2.24, 2.45) is 0 Å². The highest BCUT2D eigenvalue weighted by atomic mass is 19.1. The fourth-order valence-corrected chi connectivity index (χ4v) is 1.84. The van der Waals surface area contributed by atoms with Crippen molar-refractivity contribution in [1.82, 2.24) is 20.0 Å². The van der Waals surface area contributed by atoms with Gasteiger partial charge in [-0.1, -0.05) is 6.07 Å². The zero-order valence-corrected chi connectivity index (χ0v) is 10.1. The van der Waals surface area contributed by atoms with Gasteiger partial charge in [0, 0.05) is 18.0 Å². The van der Waals surface area contributed by atoms with Crippen molar-refractivity contribution in [3.05, 3.63) is 54.2 Å². The summed E-state index contributed by atoms with van der Waals surface area (Å²) in [6, 6.07) is 7.55. The summed E-state index contributed by atoms with van der Waals surface area (Å²) in [6.45, 7) is 0. The van der Waals surface area contributed by atoms with Crippen molar-refractivity contribution in [2.75, 3.05) is 0 Å². The third-order valence-corrected chi connectivity index (χ3v) is 2.80. The molecule has 0 radical (unpaired) electrons. The molecule has 0 aliphatic rings. The van der Waals surface area contributed by atoms with Crippen molar-refractivity contribution in [3.8, 4) is 16.9 Å². The van der Waals surface area contributed by atoms with Crippen LogP contribution in [-0.4, -0.2) is 31.1 Å². The van der Waals surface area contributed by atoms with Gasteiger partial charge in [-0.15, -0.1) is 0 Å². The summed E-state index contributed by atoms with van der Waals surface area (Å²) >= 11 is 0. The summed E-state index contributed by atoms with van der Waals surface area (Å²) in [4.78, 5) is 10.8. The molecule has 2 aromatic heterocycles. The number of rotatable bonds is 3. The van der Waals surface area contributed by atoms with E-state index >= 15 is 0 Å². The molecule has 1 aromatic carbocycles. The molecular formula is C13H9FN4O2. The molecule has 0 unspecified atom stereocenters. The molecule has 0 aliphatic carbocycles. The summed E-state index contributed by atoms with van der Waals surface area (Å²) in [6.07, 6.45) is 3.19. The molecule has 0 spiro atoms. The van der Waals surface area contributed by atoms with E-state index in [9.17, 15) is 9.18 Å². The molecule has 7 heteroatoms. The minimum Gasteiger partial charge on any atom is -0.477 e. The molecule has 0 amide bonds. The number of carboxylic acid groups (broad SMARTS) is 1. The third-order valence-electron chi connectivity index (χ3n) is 2.80. The van der Waals surface area contributed by atoms with E-state index in [4.69, 9.17) is 5.11 Å². The number of aromatic carboxylic acids is 1. The molecule has 3 rings (SSSR count). The number of carboxylic acids is 1.